The molecule has 140 valence electrons. The van der Waals surface area contributed by atoms with Crippen LogP contribution in [0.25, 0.3) is 11.3 Å². The van der Waals surface area contributed by atoms with Crippen molar-refractivity contribution in [3.05, 3.63) is 77.7 Å². The van der Waals surface area contributed by atoms with Crippen molar-refractivity contribution in [1.82, 2.24) is 3.97 Å². The minimum atomic E-state index is -4.05. The highest BCUT2D eigenvalue weighted by Crippen LogP contribution is 2.28. The molecule has 0 aliphatic carbocycles. The summed E-state index contributed by atoms with van der Waals surface area (Å²) in [5.74, 6) is -1.13. The van der Waals surface area contributed by atoms with Crippen molar-refractivity contribution in [3.8, 4) is 11.3 Å². The van der Waals surface area contributed by atoms with Crippen LogP contribution in [0.15, 0.2) is 65.7 Å². The van der Waals surface area contributed by atoms with E-state index in [1.165, 1.54) is 25.3 Å². The van der Waals surface area contributed by atoms with E-state index in [9.17, 15) is 17.6 Å². The van der Waals surface area contributed by atoms with Crippen LogP contribution in [0.2, 0.25) is 0 Å². The van der Waals surface area contributed by atoms with E-state index in [0.29, 0.717) is 11.3 Å². The third-order valence-electron chi connectivity index (χ3n) is 4.04. The van der Waals surface area contributed by atoms with Crippen molar-refractivity contribution in [2.75, 3.05) is 6.61 Å². The summed E-state index contributed by atoms with van der Waals surface area (Å²) in [4.78, 5) is 12.1. The molecule has 0 saturated carbocycles. The molecule has 0 saturated heterocycles. The van der Waals surface area contributed by atoms with Crippen LogP contribution in [0, 0.1) is 12.7 Å². The average Bonchev–Trinajstić information content (AvgIpc) is 3.09. The minimum Gasteiger partial charge on any atom is -0.462 e. The molecule has 5 nitrogen and oxygen atoms in total. The summed E-state index contributed by atoms with van der Waals surface area (Å²) in [6.07, 6.45) is 1.23. The van der Waals surface area contributed by atoms with Crippen LogP contribution < -0.4 is 0 Å². The fraction of sp³-hybridized carbons (Fsp3) is 0.150. The molecule has 0 spiro atoms. The van der Waals surface area contributed by atoms with Gasteiger partial charge in [-0.05, 0) is 49.2 Å². The first kappa shape index (κ1) is 18.8. The summed E-state index contributed by atoms with van der Waals surface area (Å²) in [5, 5.41) is 0. The van der Waals surface area contributed by atoms with Gasteiger partial charge >= 0.3 is 5.97 Å². The maximum absolute atomic E-state index is 13.4. The number of carbonyl (C=O) groups is 1. The van der Waals surface area contributed by atoms with Crippen molar-refractivity contribution in [3.63, 3.8) is 0 Å². The Hall–Kier alpha value is -2.93. The maximum Gasteiger partial charge on any atom is 0.339 e. The van der Waals surface area contributed by atoms with Gasteiger partial charge in [-0.25, -0.2) is 21.6 Å². The van der Waals surface area contributed by atoms with Gasteiger partial charge in [0.25, 0.3) is 10.0 Å². The molecule has 0 atom stereocenters. The Bertz CT molecular complexity index is 1090. The fourth-order valence-electron chi connectivity index (χ4n) is 2.80. The van der Waals surface area contributed by atoms with Gasteiger partial charge in [0, 0.05) is 6.20 Å². The number of hydrogen-bond donors (Lipinski definition) is 0. The fourth-order valence-corrected chi connectivity index (χ4v) is 4.38. The van der Waals surface area contributed by atoms with Gasteiger partial charge in [-0.15, -0.1) is 0 Å². The van der Waals surface area contributed by atoms with Gasteiger partial charge in [0.05, 0.1) is 22.8 Å². The number of ether oxygens (including phenoxy) is 1. The Morgan fingerprint density at radius 2 is 1.81 bits per heavy atom. The number of halogens is 1. The van der Waals surface area contributed by atoms with Crippen LogP contribution in [0.1, 0.15) is 22.8 Å². The van der Waals surface area contributed by atoms with E-state index < -0.39 is 21.8 Å². The highest BCUT2D eigenvalue weighted by atomic mass is 32.2. The summed E-state index contributed by atoms with van der Waals surface area (Å²) >= 11 is 0. The van der Waals surface area contributed by atoms with Gasteiger partial charge in [-0.3, -0.25) is 0 Å². The monoisotopic (exact) mass is 387 g/mol. The van der Waals surface area contributed by atoms with E-state index >= 15 is 0 Å². The van der Waals surface area contributed by atoms with Crippen LogP contribution in [0.4, 0.5) is 4.39 Å². The number of esters is 1. The number of aromatic nitrogens is 1. The van der Waals surface area contributed by atoms with Gasteiger partial charge in [0.15, 0.2) is 0 Å². The number of rotatable bonds is 5. The molecule has 2 aromatic carbocycles. The number of carbonyl (C=O) groups excluding carboxylic acids is 1. The van der Waals surface area contributed by atoms with Crippen molar-refractivity contribution < 1.29 is 22.3 Å². The zero-order chi connectivity index (χ0) is 19.6. The smallest absolute Gasteiger partial charge is 0.339 e. The summed E-state index contributed by atoms with van der Waals surface area (Å²) in [7, 11) is -4.05. The molecular formula is C20H18FNO4S. The second kappa shape index (κ2) is 7.36. The van der Waals surface area contributed by atoms with Gasteiger partial charge < -0.3 is 4.74 Å². The third-order valence-corrected chi connectivity index (χ3v) is 5.87. The molecule has 0 unspecified atom stereocenters. The molecule has 27 heavy (non-hydrogen) atoms. The molecule has 1 heterocycles. The van der Waals surface area contributed by atoms with Crippen molar-refractivity contribution >= 4 is 16.0 Å². The van der Waals surface area contributed by atoms with Crippen molar-refractivity contribution in [2.24, 2.45) is 0 Å². The Balaban J connectivity index is 2.22. The van der Waals surface area contributed by atoms with E-state index in [1.807, 2.05) is 6.07 Å². The lowest BCUT2D eigenvalue weighted by Gasteiger charge is -2.12. The van der Waals surface area contributed by atoms with E-state index in [0.717, 1.165) is 16.1 Å². The Kier molecular flexibility index (Phi) is 5.14. The lowest BCUT2D eigenvalue weighted by molar-refractivity contribution is 0.0526. The first-order valence-electron chi connectivity index (χ1n) is 8.31. The molecule has 1 aromatic heterocycles. The number of aryl methyl sites for hydroxylation is 1. The van der Waals surface area contributed by atoms with E-state index in [4.69, 9.17) is 4.74 Å². The average molecular weight is 387 g/mol. The quantitative estimate of drug-likeness (QED) is 0.621. The second-order valence-corrected chi connectivity index (χ2v) is 7.69. The predicted octanol–water partition coefficient (Wildman–Crippen LogP) is 4.02. The predicted molar refractivity (Wildman–Crippen MR) is 99.5 cm³/mol. The first-order chi connectivity index (χ1) is 12.8. The van der Waals surface area contributed by atoms with E-state index in [2.05, 4.69) is 0 Å². The molecule has 0 fully saturated rings. The molecule has 0 aliphatic rings. The summed E-state index contributed by atoms with van der Waals surface area (Å²) in [6.45, 7) is 3.37. The molecule has 0 amide bonds. The number of benzene rings is 2. The SMILES string of the molecule is CCOC(=O)c1cc(-c2ccccc2)n(S(=O)(=O)c2ccc(F)cc2C)c1. The Labute approximate surface area is 157 Å². The molecule has 3 rings (SSSR count). The highest BCUT2D eigenvalue weighted by molar-refractivity contribution is 7.90. The van der Waals surface area contributed by atoms with E-state index in [1.54, 1.807) is 31.2 Å². The Morgan fingerprint density at radius 3 is 2.44 bits per heavy atom. The maximum atomic E-state index is 13.4. The topological polar surface area (TPSA) is 65.4 Å². The summed E-state index contributed by atoms with van der Waals surface area (Å²) < 4.78 is 45.9. The normalized spacial score (nSPS) is 11.4. The molecular weight excluding hydrogens is 369 g/mol. The number of nitrogens with zero attached hydrogens (tertiary/aromatic N) is 1. The van der Waals surface area contributed by atoms with Gasteiger partial charge in [0.1, 0.15) is 5.82 Å². The second-order valence-electron chi connectivity index (χ2n) is 5.91. The van der Waals surface area contributed by atoms with Crippen molar-refractivity contribution in [1.29, 1.82) is 0 Å². The third kappa shape index (κ3) is 3.64. The molecule has 3 aromatic rings. The summed E-state index contributed by atoms with van der Waals surface area (Å²) in [6, 6.07) is 13.8. The van der Waals surface area contributed by atoms with Crippen LogP contribution in [-0.4, -0.2) is 25.0 Å². The molecule has 0 N–H and O–H groups in total. The van der Waals surface area contributed by atoms with Crippen LogP contribution >= 0.6 is 0 Å². The standard InChI is InChI=1S/C20H18FNO4S/c1-3-26-20(23)16-12-18(15-7-5-4-6-8-15)22(13-16)27(24,25)19-10-9-17(21)11-14(19)2/h4-13H,3H2,1-2H3. The summed E-state index contributed by atoms with van der Waals surface area (Å²) in [5.41, 5.74) is 1.35. The zero-order valence-corrected chi connectivity index (χ0v) is 15.7. The number of hydrogen-bond acceptors (Lipinski definition) is 4. The van der Waals surface area contributed by atoms with Gasteiger partial charge in [-0.1, -0.05) is 30.3 Å². The zero-order valence-electron chi connectivity index (χ0n) is 14.8. The van der Waals surface area contributed by atoms with Crippen molar-refractivity contribution in [2.45, 2.75) is 18.7 Å². The van der Waals surface area contributed by atoms with Crippen LogP contribution in [-0.2, 0) is 14.8 Å². The highest BCUT2D eigenvalue weighted by Gasteiger charge is 2.25. The molecule has 0 bridgehead atoms. The molecule has 0 radical (unpaired) electrons. The first-order valence-corrected chi connectivity index (χ1v) is 9.75. The lowest BCUT2D eigenvalue weighted by atomic mass is 10.1. The molecule has 0 aliphatic heterocycles. The lowest BCUT2D eigenvalue weighted by Crippen LogP contribution is -2.15. The largest absolute Gasteiger partial charge is 0.462 e. The molecule has 7 heteroatoms. The van der Waals surface area contributed by atoms with Gasteiger partial charge in [0.2, 0.25) is 0 Å². The van der Waals surface area contributed by atoms with Crippen LogP contribution in [0.5, 0.6) is 0 Å². The minimum absolute atomic E-state index is 0.0351. The van der Waals surface area contributed by atoms with Crippen LogP contribution in [0.3, 0.4) is 0 Å². The van der Waals surface area contributed by atoms with Gasteiger partial charge in [-0.2, -0.15) is 0 Å². The Morgan fingerprint density at radius 1 is 1.11 bits per heavy atom. The van der Waals surface area contributed by atoms with E-state index in [-0.39, 0.29) is 22.6 Å².